The minimum atomic E-state index is -0.997. The molecule has 0 radical (unpaired) electrons. The highest BCUT2D eigenvalue weighted by molar-refractivity contribution is 5.85. The van der Waals surface area contributed by atoms with Gasteiger partial charge in [0.05, 0.1) is 5.52 Å². The highest BCUT2D eigenvalue weighted by atomic mass is 16.5. The van der Waals surface area contributed by atoms with Crippen LogP contribution in [0, 0.1) is 0 Å². The van der Waals surface area contributed by atoms with E-state index in [-0.39, 0.29) is 17.6 Å². The van der Waals surface area contributed by atoms with Gasteiger partial charge in [0.25, 0.3) is 5.56 Å². The zero-order chi connectivity index (χ0) is 20.1. The molecule has 2 N–H and O–H groups in total. The van der Waals surface area contributed by atoms with E-state index in [4.69, 9.17) is 4.74 Å². The van der Waals surface area contributed by atoms with Crippen molar-refractivity contribution in [2.45, 2.75) is 45.6 Å². The quantitative estimate of drug-likeness (QED) is 0.623. The fourth-order valence-electron chi connectivity index (χ4n) is 3.01. The number of hydrogen-bond donors (Lipinski definition) is 2. The van der Waals surface area contributed by atoms with E-state index in [0.29, 0.717) is 17.9 Å². The number of nitrogens with one attached hydrogen (secondary N) is 1. The van der Waals surface area contributed by atoms with E-state index in [1.165, 1.54) is 10.6 Å². The number of aromatic nitrogens is 1. The van der Waals surface area contributed by atoms with Crippen molar-refractivity contribution in [2.75, 3.05) is 6.54 Å². The number of pyridine rings is 1. The lowest BCUT2D eigenvalue weighted by molar-refractivity contribution is 0.0933. The van der Waals surface area contributed by atoms with E-state index < -0.39 is 6.23 Å². The number of aliphatic hydroxyl groups is 1. The molecule has 5 heteroatoms. The van der Waals surface area contributed by atoms with Crippen LogP contribution in [0.25, 0.3) is 10.9 Å². The molecule has 28 heavy (non-hydrogen) atoms. The van der Waals surface area contributed by atoms with Gasteiger partial charge in [-0.3, -0.25) is 9.36 Å². The Morgan fingerprint density at radius 1 is 1.07 bits per heavy atom. The standard InChI is InChI=1S/C23H28N2O3/c1-4-23(2,3)24-15-21(27)25-20(26)14-13-18-11-8-12-19(22(18)25)28-16-17-9-6-5-7-10-17/h5-14,21,24,27H,4,15-16H2,1-3H3. The average molecular weight is 380 g/mol. The Morgan fingerprint density at radius 2 is 1.82 bits per heavy atom. The molecule has 0 amide bonds. The molecule has 2 aromatic carbocycles. The first-order valence-electron chi connectivity index (χ1n) is 9.65. The lowest BCUT2D eigenvalue weighted by atomic mass is 10.0. The van der Waals surface area contributed by atoms with E-state index in [2.05, 4.69) is 26.1 Å². The third-order valence-corrected chi connectivity index (χ3v) is 5.10. The van der Waals surface area contributed by atoms with Gasteiger partial charge in [0.15, 0.2) is 0 Å². The van der Waals surface area contributed by atoms with Gasteiger partial charge in [-0.1, -0.05) is 49.4 Å². The molecule has 3 rings (SSSR count). The number of β-amino-alcohol motifs (C(OH)–C–C–N with tert-alkyl or cyclic N) is 1. The van der Waals surface area contributed by atoms with Gasteiger partial charge in [0, 0.05) is 23.5 Å². The predicted molar refractivity (Wildman–Crippen MR) is 113 cm³/mol. The maximum Gasteiger partial charge on any atom is 0.253 e. The van der Waals surface area contributed by atoms with Crippen LogP contribution in [0.15, 0.2) is 65.5 Å². The van der Waals surface area contributed by atoms with Crippen LogP contribution < -0.4 is 15.6 Å². The van der Waals surface area contributed by atoms with E-state index in [9.17, 15) is 9.90 Å². The molecule has 0 bridgehead atoms. The van der Waals surface area contributed by atoms with Crippen LogP contribution in [0.3, 0.4) is 0 Å². The van der Waals surface area contributed by atoms with Crippen molar-refractivity contribution in [3.8, 4) is 5.75 Å². The molecule has 0 aliphatic rings. The molecular formula is C23H28N2O3. The summed E-state index contributed by atoms with van der Waals surface area (Å²) in [5, 5.41) is 15.0. The first-order chi connectivity index (χ1) is 13.4. The summed E-state index contributed by atoms with van der Waals surface area (Å²) in [5.74, 6) is 0.577. The van der Waals surface area contributed by atoms with Crippen LogP contribution in [0.2, 0.25) is 0 Å². The lowest BCUT2D eigenvalue weighted by Gasteiger charge is -2.27. The van der Waals surface area contributed by atoms with E-state index in [0.717, 1.165) is 17.4 Å². The number of benzene rings is 2. The third kappa shape index (κ3) is 4.61. The van der Waals surface area contributed by atoms with Gasteiger partial charge in [-0.05, 0) is 38.0 Å². The maximum absolute atomic E-state index is 12.6. The second-order valence-corrected chi connectivity index (χ2v) is 7.61. The van der Waals surface area contributed by atoms with Gasteiger partial charge in [-0.2, -0.15) is 0 Å². The van der Waals surface area contributed by atoms with E-state index in [1.807, 2.05) is 48.5 Å². The molecule has 0 fully saturated rings. The third-order valence-electron chi connectivity index (χ3n) is 5.10. The Morgan fingerprint density at radius 3 is 2.54 bits per heavy atom. The molecule has 0 saturated heterocycles. The van der Waals surface area contributed by atoms with Gasteiger partial charge in [-0.15, -0.1) is 0 Å². The summed E-state index contributed by atoms with van der Waals surface area (Å²) in [6.07, 6.45) is -0.0845. The van der Waals surface area contributed by atoms with Gasteiger partial charge in [-0.25, -0.2) is 0 Å². The minimum absolute atomic E-state index is 0.123. The van der Waals surface area contributed by atoms with Crippen molar-refractivity contribution in [1.29, 1.82) is 0 Å². The second-order valence-electron chi connectivity index (χ2n) is 7.61. The fraction of sp³-hybridized carbons (Fsp3) is 0.348. The van der Waals surface area contributed by atoms with Crippen molar-refractivity contribution in [3.05, 3.63) is 76.6 Å². The predicted octanol–water partition coefficient (Wildman–Crippen LogP) is 3.85. The Labute approximate surface area is 165 Å². The summed E-state index contributed by atoms with van der Waals surface area (Å²) in [7, 11) is 0. The van der Waals surface area contributed by atoms with Crippen LogP contribution >= 0.6 is 0 Å². The molecule has 5 nitrogen and oxygen atoms in total. The molecule has 1 atom stereocenters. The number of ether oxygens (including phenoxy) is 1. The SMILES string of the molecule is CCC(C)(C)NCC(O)n1c(=O)ccc2cccc(OCc3ccccc3)c21. The molecule has 0 spiro atoms. The summed E-state index contributed by atoms with van der Waals surface area (Å²) in [5.41, 5.74) is 1.26. The number of hydrogen-bond acceptors (Lipinski definition) is 4. The highest BCUT2D eigenvalue weighted by Crippen LogP contribution is 2.27. The van der Waals surface area contributed by atoms with Crippen LogP contribution in [0.5, 0.6) is 5.75 Å². The van der Waals surface area contributed by atoms with Crippen molar-refractivity contribution < 1.29 is 9.84 Å². The normalized spacial score (nSPS) is 12.9. The summed E-state index contributed by atoms with van der Waals surface area (Å²) in [4.78, 5) is 12.6. The maximum atomic E-state index is 12.6. The van der Waals surface area contributed by atoms with Crippen LogP contribution in [-0.2, 0) is 6.61 Å². The van der Waals surface area contributed by atoms with Crippen molar-refractivity contribution in [1.82, 2.24) is 9.88 Å². The van der Waals surface area contributed by atoms with Crippen molar-refractivity contribution in [3.63, 3.8) is 0 Å². The molecule has 1 heterocycles. The number of para-hydroxylation sites is 1. The van der Waals surface area contributed by atoms with Crippen LogP contribution in [-0.4, -0.2) is 21.8 Å². The Bertz CT molecular complexity index is 980. The summed E-state index contributed by atoms with van der Waals surface area (Å²) < 4.78 is 7.44. The molecular weight excluding hydrogens is 352 g/mol. The lowest BCUT2D eigenvalue weighted by Crippen LogP contribution is -2.43. The van der Waals surface area contributed by atoms with E-state index in [1.54, 1.807) is 6.07 Å². The minimum Gasteiger partial charge on any atom is -0.487 e. The van der Waals surface area contributed by atoms with Crippen LogP contribution in [0.4, 0.5) is 0 Å². The van der Waals surface area contributed by atoms with E-state index >= 15 is 0 Å². The van der Waals surface area contributed by atoms with Gasteiger partial charge >= 0.3 is 0 Å². The van der Waals surface area contributed by atoms with Crippen molar-refractivity contribution in [2.24, 2.45) is 0 Å². The summed E-state index contributed by atoms with van der Waals surface area (Å²) in [6, 6.07) is 18.7. The van der Waals surface area contributed by atoms with Crippen molar-refractivity contribution >= 4 is 10.9 Å². The molecule has 1 unspecified atom stereocenters. The zero-order valence-electron chi connectivity index (χ0n) is 16.7. The first kappa shape index (κ1) is 20.1. The zero-order valence-corrected chi connectivity index (χ0v) is 16.7. The number of rotatable bonds is 8. The Hall–Kier alpha value is -2.63. The molecule has 0 aliphatic heterocycles. The fourth-order valence-corrected chi connectivity index (χ4v) is 3.01. The number of nitrogens with zero attached hydrogens (tertiary/aromatic N) is 1. The van der Waals surface area contributed by atoms with Gasteiger partial charge < -0.3 is 15.2 Å². The summed E-state index contributed by atoms with van der Waals surface area (Å²) >= 11 is 0. The van der Waals surface area contributed by atoms with Gasteiger partial charge in [0.2, 0.25) is 0 Å². The molecule has 1 aromatic heterocycles. The monoisotopic (exact) mass is 380 g/mol. The Balaban J connectivity index is 1.95. The average Bonchev–Trinajstić information content (AvgIpc) is 2.71. The largest absolute Gasteiger partial charge is 0.487 e. The first-order valence-corrected chi connectivity index (χ1v) is 9.65. The highest BCUT2D eigenvalue weighted by Gasteiger charge is 2.20. The topological polar surface area (TPSA) is 63.5 Å². The summed E-state index contributed by atoms with van der Waals surface area (Å²) in [6.45, 7) is 6.88. The second kappa shape index (κ2) is 8.59. The Kier molecular flexibility index (Phi) is 6.17. The smallest absolute Gasteiger partial charge is 0.253 e. The molecule has 0 aliphatic carbocycles. The van der Waals surface area contributed by atoms with Crippen LogP contribution in [0.1, 0.15) is 39.0 Å². The number of fused-ring (bicyclic) bond motifs is 1. The molecule has 3 aromatic rings. The molecule has 0 saturated carbocycles. The molecule has 148 valence electrons. The number of aliphatic hydroxyl groups excluding tert-OH is 1. The van der Waals surface area contributed by atoms with Gasteiger partial charge in [0.1, 0.15) is 18.6 Å².